The summed E-state index contributed by atoms with van der Waals surface area (Å²) in [6.45, 7) is 2.07. The quantitative estimate of drug-likeness (QED) is 0.618. The monoisotopic (exact) mass is 288 g/mol. The lowest BCUT2D eigenvalue weighted by Gasteiger charge is -2.34. The lowest BCUT2D eigenvalue weighted by atomic mass is 9.51. The van der Waals surface area contributed by atoms with Crippen LogP contribution in [0.25, 0.3) is 5.57 Å². The highest BCUT2D eigenvalue weighted by molar-refractivity contribution is 6.47. The first-order valence-corrected chi connectivity index (χ1v) is 7.57. The topological polar surface area (TPSA) is 40.5 Å². The van der Waals surface area contributed by atoms with Gasteiger partial charge in [-0.1, -0.05) is 68.7 Å². The van der Waals surface area contributed by atoms with Crippen LogP contribution < -0.4 is 0 Å². The van der Waals surface area contributed by atoms with Crippen molar-refractivity contribution >= 4 is 12.7 Å². The van der Waals surface area contributed by atoms with Gasteiger partial charge in [-0.05, 0) is 23.6 Å². The fraction of sp³-hybridized carbons (Fsp3) is 0.412. The van der Waals surface area contributed by atoms with Crippen molar-refractivity contribution in [3.05, 3.63) is 54.1 Å². The third-order valence-corrected chi connectivity index (χ3v) is 4.21. The van der Waals surface area contributed by atoms with Gasteiger partial charge in [0.05, 0.1) is 5.31 Å². The molecule has 0 amide bonds. The van der Waals surface area contributed by atoms with E-state index in [4.69, 9.17) is 0 Å². The third kappa shape index (κ3) is 3.45. The van der Waals surface area contributed by atoms with E-state index in [9.17, 15) is 14.4 Å². The van der Waals surface area contributed by atoms with Gasteiger partial charge in [0, 0.05) is 0 Å². The maximum atomic E-state index is 14.7. The minimum atomic E-state index is -1.69. The molecule has 21 heavy (non-hydrogen) atoms. The van der Waals surface area contributed by atoms with Crippen LogP contribution in [0.2, 0.25) is 5.31 Å². The molecular weight excluding hydrogens is 266 g/mol. The molecule has 0 bridgehead atoms. The first-order chi connectivity index (χ1) is 10.1. The smallest absolute Gasteiger partial charge is 0.426 e. The Kier molecular flexibility index (Phi) is 5.37. The van der Waals surface area contributed by atoms with E-state index in [0.717, 1.165) is 30.4 Å². The van der Waals surface area contributed by atoms with Crippen molar-refractivity contribution in [2.75, 3.05) is 0 Å². The maximum Gasteiger partial charge on any atom is 0.465 e. The number of benzene rings is 1. The summed E-state index contributed by atoms with van der Waals surface area (Å²) < 4.78 is 14.7. The van der Waals surface area contributed by atoms with Crippen LogP contribution >= 0.6 is 0 Å². The minimum absolute atomic E-state index is 0.439. The van der Waals surface area contributed by atoms with Crippen molar-refractivity contribution in [3.63, 3.8) is 0 Å². The van der Waals surface area contributed by atoms with Gasteiger partial charge in [-0.2, -0.15) is 0 Å². The Morgan fingerprint density at radius 1 is 1.19 bits per heavy atom. The molecule has 0 aliphatic heterocycles. The second-order valence-corrected chi connectivity index (χ2v) is 5.67. The number of unbranched alkanes of at least 4 members (excludes halogenated alkanes) is 2. The first kappa shape index (κ1) is 16.0. The largest absolute Gasteiger partial charge is 0.465 e. The van der Waals surface area contributed by atoms with E-state index in [1.54, 1.807) is 12.2 Å². The number of rotatable bonds is 6. The van der Waals surface area contributed by atoms with Crippen molar-refractivity contribution in [1.29, 1.82) is 0 Å². The molecule has 0 fully saturated rings. The molecule has 2 N–H and O–H groups in total. The van der Waals surface area contributed by atoms with E-state index < -0.39 is 18.6 Å². The van der Waals surface area contributed by atoms with E-state index in [1.165, 1.54) is 6.08 Å². The van der Waals surface area contributed by atoms with E-state index in [0.29, 0.717) is 6.42 Å². The fourth-order valence-electron chi connectivity index (χ4n) is 2.79. The summed E-state index contributed by atoms with van der Waals surface area (Å²) in [5.74, 6) is 0. The van der Waals surface area contributed by atoms with E-state index in [-0.39, 0.29) is 0 Å². The highest BCUT2D eigenvalue weighted by atomic mass is 19.1. The highest BCUT2D eigenvalue weighted by Gasteiger charge is 2.47. The van der Waals surface area contributed by atoms with Crippen LogP contribution in [0, 0.1) is 0 Å². The molecule has 1 aliphatic carbocycles. The van der Waals surface area contributed by atoms with Crippen molar-refractivity contribution in [2.45, 2.75) is 44.1 Å². The standard InChI is InChI=1S/C17H22BFO2/c1-2-3-7-11-17(18(20)21)12-10-15(13-16(17)19)14-8-5-4-6-9-14/h4-6,8-10,12-13,16,20-21H,2-3,7,11H2,1H3. The van der Waals surface area contributed by atoms with Crippen LogP contribution in [-0.4, -0.2) is 23.3 Å². The second kappa shape index (κ2) is 7.05. The van der Waals surface area contributed by atoms with Crippen LogP contribution in [0.4, 0.5) is 4.39 Å². The molecular formula is C17H22BFO2. The molecule has 2 atom stereocenters. The summed E-state index contributed by atoms with van der Waals surface area (Å²) in [6.07, 6.45) is 6.75. The Morgan fingerprint density at radius 3 is 2.48 bits per heavy atom. The molecule has 0 radical (unpaired) electrons. The minimum Gasteiger partial charge on any atom is -0.426 e. The Balaban J connectivity index is 2.21. The summed E-state index contributed by atoms with van der Waals surface area (Å²) in [7, 11) is -1.69. The van der Waals surface area contributed by atoms with Crippen molar-refractivity contribution in [2.24, 2.45) is 0 Å². The molecule has 2 rings (SSSR count). The Morgan fingerprint density at radius 2 is 1.90 bits per heavy atom. The molecule has 1 aromatic rings. The van der Waals surface area contributed by atoms with Crippen LogP contribution in [0.3, 0.4) is 0 Å². The molecule has 2 unspecified atom stereocenters. The van der Waals surface area contributed by atoms with Gasteiger partial charge in [-0.15, -0.1) is 0 Å². The average molecular weight is 288 g/mol. The summed E-state index contributed by atoms with van der Waals surface area (Å²) in [4.78, 5) is 0. The summed E-state index contributed by atoms with van der Waals surface area (Å²) in [5, 5.41) is 18.2. The van der Waals surface area contributed by atoms with E-state index >= 15 is 0 Å². The zero-order valence-electron chi connectivity index (χ0n) is 12.4. The molecule has 4 heteroatoms. The van der Waals surface area contributed by atoms with Crippen LogP contribution in [-0.2, 0) is 0 Å². The van der Waals surface area contributed by atoms with Gasteiger partial charge in [0.2, 0.25) is 0 Å². The van der Waals surface area contributed by atoms with Crippen LogP contribution in [0.1, 0.15) is 38.2 Å². The second-order valence-electron chi connectivity index (χ2n) is 5.67. The molecule has 0 saturated carbocycles. The number of hydrogen-bond acceptors (Lipinski definition) is 2. The Hall–Kier alpha value is -1.39. The van der Waals surface area contributed by atoms with Crippen molar-refractivity contribution in [1.82, 2.24) is 0 Å². The van der Waals surface area contributed by atoms with Gasteiger partial charge in [0.1, 0.15) is 6.17 Å². The van der Waals surface area contributed by atoms with Gasteiger partial charge in [0.15, 0.2) is 0 Å². The molecule has 0 saturated heterocycles. The normalized spacial score (nSPS) is 24.8. The number of alkyl halides is 1. The third-order valence-electron chi connectivity index (χ3n) is 4.21. The van der Waals surface area contributed by atoms with Gasteiger partial charge in [0.25, 0.3) is 0 Å². The molecule has 2 nitrogen and oxygen atoms in total. The van der Waals surface area contributed by atoms with Gasteiger partial charge in [-0.3, -0.25) is 0 Å². The maximum absolute atomic E-state index is 14.7. The summed E-state index contributed by atoms with van der Waals surface area (Å²) >= 11 is 0. The Bertz CT molecular complexity index is 513. The van der Waals surface area contributed by atoms with Gasteiger partial charge < -0.3 is 10.0 Å². The Labute approximate surface area is 126 Å². The number of allylic oxidation sites excluding steroid dienone is 4. The predicted molar refractivity (Wildman–Crippen MR) is 85.5 cm³/mol. The van der Waals surface area contributed by atoms with Crippen molar-refractivity contribution < 1.29 is 14.4 Å². The zero-order chi connectivity index (χ0) is 15.3. The molecule has 112 valence electrons. The van der Waals surface area contributed by atoms with E-state index in [1.807, 2.05) is 30.3 Å². The lowest BCUT2D eigenvalue weighted by Crippen LogP contribution is -2.39. The average Bonchev–Trinajstić information content (AvgIpc) is 2.49. The van der Waals surface area contributed by atoms with Crippen LogP contribution in [0.5, 0.6) is 0 Å². The lowest BCUT2D eigenvalue weighted by molar-refractivity contribution is 0.252. The summed E-state index contributed by atoms with van der Waals surface area (Å²) in [6, 6.07) is 9.56. The zero-order valence-corrected chi connectivity index (χ0v) is 12.4. The summed E-state index contributed by atoms with van der Waals surface area (Å²) in [5.41, 5.74) is 1.72. The molecule has 0 aromatic heterocycles. The number of halogens is 1. The first-order valence-electron chi connectivity index (χ1n) is 7.57. The van der Waals surface area contributed by atoms with Gasteiger partial charge in [-0.25, -0.2) is 4.39 Å². The highest BCUT2D eigenvalue weighted by Crippen LogP contribution is 2.46. The van der Waals surface area contributed by atoms with E-state index in [2.05, 4.69) is 6.92 Å². The molecule has 0 spiro atoms. The van der Waals surface area contributed by atoms with Crippen LogP contribution in [0.15, 0.2) is 48.6 Å². The molecule has 0 heterocycles. The molecule has 1 aliphatic rings. The van der Waals surface area contributed by atoms with Crippen molar-refractivity contribution in [3.8, 4) is 0 Å². The SMILES string of the molecule is CCCCCC1(B(O)O)C=CC(c2ccccc2)=CC1F. The fourth-order valence-corrected chi connectivity index (χ4v) is 2.79. The predicted octanol–water partition coefficient (Wildman–Crippen LogP) is 3.77. The number of hydrogen-bond donors (Lipinski definition) is 2. The van der Waals surface area contributed by atoms with Gasteiger partial charge >= 0.3 is 7.12 Å². The molecule has 1 aromatic carbocycles.